The average Bonchev–Trinajstić information content (AvgIpc) is 2.45. The number of carbonyl (C=O) groups is 1. The van der Waals surface area contributed by atoms with Crippen molar-refractivity contribution in [1.82, 2.24) is 5.32 Å². The second kappa shape index (κ2) is 7.63. The number of hydrogen-bond acceptors (Lipinski definition) is 4. The molecule has 0 unspecified atom stereocenters. The van der Waals surface area contributed by atoms with Gasteiger partial charge < -0.3 is 19.9 Å². The van der Waals surface area contributed by atoms with E-state index in [0.717, 1.165) is 0 Å². The van der Waals surface area contributed by atoms with Crippen molar-refractivity contribution in [2.45, 2.75) is 26.3 Å². The van der Waals surface area contributed by atoms with Crippen molar-refractivity contribution in [2.24, 2.45) is 0 Å². The molecule has 0 fully saturated rings. The second-order valence-electron chi connectivity index (χ2n) is 4.06. The van der Waals surface area contributed by atoms with Gasteiger partial charge in [0.2, 0.25) is 0 Å². The zero-order valence-corrected chi connectivity index (χ0v) is 11.6. The van der Waals surface area contributed by atoms with Crippen LogP contribution in [-0.4, -0.2) is 37.4 Å². The first-order valence-corrected chi connectivity index (χ1v) is 6.38. The predicted molar refractivity (Wildman–Crippen MR) is 72.8 cm³/mol. The molecule has 5 heteroatoms. The number of carbonyl (C=O) groups excluding carboxylic acids is 1. The number of ether oxygens (including phenoxy) is 2. The summed E-state index contributed by atoms with van der Waals surface area (Å²) >= 11 is 0. The molecule has 5 nitrogen and oxygen atoms in total. The Hall–Kier alpha value is -1.75. The maximum absolute atomic E-state index is 12.0. The second-order valence-corrected chi connectivity index (χ2v) is 4.06. The summed E-state index contributed by atoms with van der Waals surface area (Å²) in [6, 6.07) is 4.78. The van der Waals surface area contributed by atoms with Crippen molar-refractivity contribution in [3.63, 3.8) is 0 Å². The molecule has 0 aliphatic carbocycles. The monoisotopic (exact) mass is 267 g/mol. The van der Waals surface area contributed by atoms with Crippen LogP contribution in [0.3, 0.4) is 0 Å². The molecule has 1 rings (SSSR count). The summed E-state index contributed by atoms with van der Waals surface area (Å²) in [5.41, 5.74) is 0.479. The number of aliphatic hydroxyl groups excluding tert-OH is 1. The highest BCUT2D eigenvalue weighted by atomic mass is 16.5. The number of hydrogen-bond donors (Lipinski definition) is 2. The largest absolute Gasteiger partial charge is 0.493 e. The third kappa shape index (κ3) is 4.13. The minimum Gasteiger partial charge on any atom is -0.493 e. The Morgan fingerprint density at radius 1 is 1.37 bits per heavy atom. The van der Waals surface area contributed by atoms with Gasteiger partial charge >= 0.3 is 0 Å². The third-order valence-corrected chi connectivity index (χ3v) is 2.77. The van der Waals surface area contributed by atoms with Crippen molar-refractivity contribution in [3.05, 3.63) is 23.8 Å². The van der Waals surface area contributed by atoms with Gasteiger partial charge in [0, 0.05) is 5.56 Å². The van der Waals surface area contributed by atoms with Gasteiger partial charge in [0.05, 0.1) is 26.4 Å². The first-order valence-electron chi connectivity index (χ1n) is 6.38. The summed E-state index contributed by atoms with van der Waals surface area (Å²) in [4.78, 5) is 12.0. The van der Waals surface area contributed by atoms with Gasteiger partial charge in [-0.3, -0.25) is 4.79 Å². The van der Waals surface area contributed by atoms with E-state index in [1.807, 2.05) is 13.8 Å². The molecule has 1 aromatic carbocycles. The molecule has 0 aliphatic rings. The highest BCUT2D eigenvalue weighted by Crippen LogP contribution is 2.28. The minimum atomic E-state index is -0.234. The van der Waals surface area contributed by atoms with E-state index >= 15 is 0 Å². The summed E-state index contributed by atoms with van der Waals surface area (Å²) in [5.74, 6) is 0.893. The van der Waals surface area contributed by atoms with Crippen LogP contribution in [0.25, 0.3) is 0 Å². The Balaban J connectivity index is 2.86. The van der Waals surface area contributed by atoms with Crippen LogP contribution < -0.4 is 14.8 Å². The smallest absolute Gasteiger partial charge is 0.251 e. The molecule has 0 bridgehead atoms. The number of rotatable bonds is 7. The van der Waals surface area contributed by atoms with E-state index in [4.69, 9.17) is 14.6 Å². The number of amides is 1. The highest BCUT2D eigenvalue weighted by Gasteiger charge is 2.14. The van der Waals surface area contributed by atoms with E-state index in [1.165, 1.54) is 7.11 Å². The zero-order chi connectivity index (χ0) is 14.3. The Labute approximate surface area is 113 Å². The van der Waals surface area contributed by atoms with Gasteiger partial charge in [0.15, 0.2) is 11.5 Å². The Bertz CT molecular complexity index is 416. The van der Waals surface area contributed by atoms with Gasteiger partial charge in [-0.15, -0.1) is 0 Å². The van der Waals surface area contributed by atoms with Gasteiger partial charge in [-0.05, 0) is 31.5 Å². The predicted octanol–water partition coefficient (Wildman–Crippen LogP) is 1.59. The van der Waals surface area contributed by atoms with E-state index in [0.29, 0.717) is 30.1 Å². The maximum Gasteiger partial charge on any atom is 0.251 e. The molecule has 19 heavy (non-hydrogen) atoms. The van der Waals surface area contributed by atoms with Gasteiger partial charge in [-0.1, -0.05) is 6.92 Å². The molecule has 2 N–H and O–H groups in total. The Morgan fingerprint density at radius 2 is 2.11 bits per heavy atom. The SMILES string of the molecule is CCOc1ccc(C(=O)N[C@H](CC)CO)cc1OC. The lowest BCUT2D eigenvalue weighted by Crippen LogP contribution is -2.36. The average molecular weight is 267 g/mol. The highest BCUT2D eigenvalue weighted by molar-refractivity contribution is 5.95. The number of benzene rings is 1. The fourth-order valence-corrected chi connectivity index (χ4v) is 1.63. The first kappa shape index (κ1) is 15.3. The molecule has 0 aliphatic heterocycles. The normalized spacial score (nSPS) is 11.8. The summed E-state index contributed by atoms with van der Waals surface area (Å²) < 4.78 is 10.6. The number of methoxy groups -OCH3 is 1. The van der Waals surface area contributed by atoms with E-state index in [-0.39, 0.29) is 18.6 Å². The number of nitrogens with one attached hydrogen (secondary N) is 1. The molecule has 0 saturated carbocycles. The van der Waals surface area contributed by atoms with Gasteiger partial charge in [-0.2, -0.15) is 0 Å². The van der Waals surface area contributed by atoms with Gasteiger partial charge in [-0.25, -0.2) is 0 Å². The van der Waals surface area contributed by atoms with Crippen LogP contribution >= 0.6 is 0 Å². The van der Waals surface area contributed by atoms with Crippen molar-refractivity contribution in [1.29, 1.82) is 0 Å². The quantitative estimate of drug-likeness (QED) is 0.787. The van der Waals surface area contributed by atoms with Crippen LogP contribution in [0.4, 0.5) is 0 Å². The van der Waals surface area contributed by atoms with Crippen molar-refractivity contribution >= 4 is 5.91 Å². The summed E-state index contributed by atoms with van der Waals surface area (Å²) in [7, 11) is 1.53. The zero-order valence-electron chi connectivity index (χ0n) is 11.6. The van der Waals surface area contributed by atoms with E-state index in [2.05, 4.69) is 5.32 Å². The van der Waals surface area contributed by atoms with Crippen LogP contribution in [0.15, 0.2) is 18.2 Å². The standard InChI is InChI=1S/C14H21NO4/c1-4-11(9-16)15-14(17)10-6-7-12(19-5-2)13(8-10)18-3/h6-8,11,16H,4-5,9H2,1-3H3,(H,15,17)/t11-/m1/s1. The van der Waals surface area contributed by atoms with Crippen LogP contribution in [0.1, 0.15) is 30.6 Å². The van der Waals surface area contributed by atoms with Crippen LogP contribution in [0, 0.1) is 0 Å². The molecular weight excluding hydrogens is 246 g/mol. The maximum atomic E-state index is 12.0. The Morgan fingerprint density at radius 3 is 2.63 bits per heavy atom. The molecule has 1 amide bonds. The number of aliphatic hydroxyl groups is 1. The molecule has 106 valence electrons. The molecule has 0 saturated heterocycles. The topological polar surface area (TPSA) is 67.8 Å². The van der Waals surface area contributed by atoms with E-state index in [9.17, 15) is 4.79 Å². The third-order valence-electron chi connectivity index (χ3n) is 2.77. The molecule has 0 aromatic heterocycles. The first-order chi connectivity index (χ1) is 9.15. The molecule has 0 heterocycles. The van der Waals surface area contributed by atoms with E-state index in [1.54, 1.807) is 18.2 Å². The van der Waals surface area contributed by atoms with Gasteiger partial charge in [0.1, 0.15) is 0 Å². The Kier molecular flexibility index (Phi) is 6.15. The minimum absolute atomic E-state index is 0.0730. The lowest BCUT2D eigenvalue weighted by Gasteiger charge is -2.15. The molecule has 1 aromatic rings. The van der Waals surface area contributed by atoms with Crippen molar-refractivity contribution in [3.8, 4) is 11.5 Å². The summed E-state index contributed by atoms with van der Waals surface area (Å²) in [6.07, 6.45) is 0.677. The van der Waals surface area contributed by atoms with Crippen LogP contribution in [0.5, 0.6) is 11.5 Å². The van der Waals surface area contributed by atoms with Crippen molar-refractivity contribution in [2.75, 3.05) is 20.3 Å². The summed E-state index contributed by atoms with van der Waals surface area (Å²) in [6.45, 7) is 4.24. The molecule has 0 spiro atoms. The fourth-order valence-electron chi connectivity index (χ4n) is 1.63. The lowest BCUT2D eigenvalue weighted by molar-refractivity contribution is 0.0914. The van der Waals surface area contributed by atoms with Crippen LogP contribution in [0.2, 0.25) is 0 Å². The lowest BCUT2D eigenvalue weighted by atomic mass is 10.1. The van der Waals surface area contributed by atoms with Gasteiger partial charge in [0.25, 0.3) is 5.91 Å². The van der Waals surface area contributed by atoms with Crippen molar-refractivity contribution < 1.29 is 19.4 Å². The summed E-state index contributed by atoms with van der Waals surface area (Å²) in [5, 5.41) is 11.8. The van der Waals surface area contributed by atoms with E-state index < -0.39 is 0 Å². The molecule has 0 radical (unpaired) electrons. The molecular formula is C14H21NO4. The van der Waals surface area contributed by atoms with Crippen LogP contribution in [-0.2, 0) is 0 Å². The molecule has 1 atom stereocenters. The fraction of sp³-hybridized carbons (Fsp3) is 0.500.